The highest BCUT2D eigenvalue weighted by molar-refractivity contribution is 7.89. The fourth-order valence-corrected chi connectivity index (χ4v) is 4.65. The quantitative estimate of drug-likeness (QED) is 0.800. The summed E-state index contributed by atoms with van der Waals surface area (Å²) in [6.45, 7) is 5.47. The fraction of sp³-hybridized carbons (Fsp3) is 0.769. The minimum atomic E-state index is -3.55. The van der Waals surface area contributed by atoms with Crippen molar-refractivity contribution >= 4 is 10.0 Å². The summed E-state index contributed by atoms with van der Waals surface area (Å²) >= 11 is 0. The van der Waals surface area contributed by atoms with Gasteiger partial charge in [-0.1, -0.05) is 6.92 Å². The second kappa shape index (κ2) is 6.04. The molecule has 1 saturated heterocycles. The van der Waals surface area contributed by atoms with Crippen LogP contribution < -0.4 is 5.32 Å². The van der Waals surface area contributed by atoms with Gasteiger partial charge in [0.05, 0.1) is 0 Å². The van der Waals surface area contributed by atoms with E-state index in [1.165, 1.54) is 0 Å². The molecule has 1 aromatic heterocycles. The standard InChI is InChI=1S/C13H25N5O2S/c1-9-7-18(8-12(9)17(4)5)21(19,20)13-11(6-14-3)10(2)15-16-13/h9,12,14H,6-8H2,1-5H3,(H,15,16). The van der Waals surface area contributed by atoms with Crippen LogP contribution in [0.1, 0.15) is 18.2 Å². The lowest BCUT2D eigenvalue weighted by atomic mass is 10.1. The number of hydrogen-bond acceptors (Lipinski definition) is 5. The van der Waals surface area contributed by atoms with Crippen LogP contribution in [0.25, 0.3) is 0 Å². The van der Waals surface area contributed by atoms with Crippen molar-refractivity contribution in [2.45, 2.75) is 31.5 Å². The summed E-state index contributed by atoms with van der Waals surface area (Å²) < 4.78 is 27.3. The molecule has 0 spiro atoms. The average Bonchev–Trinajstić information content (AvgIpc) is 2.95. The average molecular weight is 315 g/mol. The molecular formula is C13H25N5O2S. The summed E-state index contributed by atoms with van der Waals surface area (Å²) in [6, 6.07) is 0.243. The number of aromatic nitrogens is 2. The second-order valence-electron chi connectivity index (χ2n) is 5.99. The van der Waals surface area contributed by atoms with Gasteiger partial charge in [0.25, 0.3) is 10.0 Å². The van der Waals surface area contributed by atoms with Gasteiger partial charge >= 0.3 is 0 Å². The van der Waals surface area contributed by atoms with E-state index in [2.05, 4.69) is 27.3 Å². The van der Waals surface area contributed by atoms with Gasteiger partial charge in [-0.25, -0.2) is 8.42 Å². The van der Waals surface area contributed by atoms with Gasteiger partial charge in [-0.15, -0.1) is 0 Å². The number of hydrogen-bond donors (Lipinski definition) is 2. The van der Waals surface area contributed by atoms with Crippen molar-refractivity contribution in [3.8, 4) is 0 Å². The normalized spacial score (nSPS) is 24.1. The number of nitrogens with one attached hydrogen (secondary N) is 2. The molecule has 120 valence electrons. The molecule has 0 aromatic carbocycles. The van der Waals surface area contributed by atoms with Crippen molar-refractivity contribution in [3.05, 3.63) is 11.3 Å². The lowest BCUT2D eigenvalue weighted by Gasteiger charge is -2.22. The molecule has 21 heavy (non-hydrogen) atoms. The molecule has 0 amide bonds. The third-order valence-corrected chi connectivity index (χ3v) is 5.98. The Labute approximate surface area is 126 Å². The van der Waals surface area contributed by atoms with Crippen LogP contribution in [0.15, 0.2) is 5.03 Å². The van der Waals surface area contributed by atoms with Gasteiger partial charge in [0.1, 0.15) is 0 Å². The molecule has 1 aliphatic rings. The van der Waals surface area contributed by atoms with Crippen LogP contribution >= 0.6 is 0 Å². The lowest BCUT2D eigenvalue weighted by Crippen LogP contribution is -2.36. The van der Waals surface area contributed by atoms with Crippen LogP contribution in [0.2, 0.25) is 0 Å². The third-order valence-electron chi connectivity index (χ3n) is 4.18. The molecule has 8 heteroatoms. The maximum absolute atomic E-state index is 12.9. The first-order chi connectivity index (χ1) is 9.78. The smallest absolute Gasteiger partial charge is 0.262 e. The predicted molar refractivity (Wildman–Crippen MR) is 81.5 cm³/mol. The zero-order valence-corrected chi connectivity index (χ0v) is 14.2. The minimum absolute atomic E-state index is 0.154. The number of rotatable bonds is 5. The zero-order chi connectivity index (χ0) is 15.8. The van der Waals surface area contributed by atoms with Gasteiger partial charge in [0, 0.05) is 36.9 Å². The molecule has 7 nitrogen and oxygen atoms in total. The van der Waals surface area contributed by atoms with Gasteiger partial charge in [-0.3, -0.25) is 5.10 Å². The van der Waals surface area contributed by atoms with E-state index in [4.69, 9.17) is 0 Å². The molecule has 0 aliphatic carbocycles. The van der Waals surface area contributed by atoms with E-state index < -0.39 is 10.0 Å². The SMILES string of the molecule is CNCc1c(S(=O)(=O)N2CC(C)C(N(C)C)C2)n[nH]c1C. The number of aromatic amines is 1. The third kappa shape index (κ3) is 2.98. The van der Waals surface area contributed by atoms with Crippen molar-refractivity contribution in [2.24, 2.45) is 5.92 Å². The van der Waals surface area contributed by atoms with Crippen molar-refractivity contribution < 1.29 is 8.42 Å². The molecule has 2 heterocycles. The van der Waals surface area contributed by atoms with E-state index >= 15 is 0 Å². The Kier molecular flexibility index (Phi) is 4.72. The van der Waals surface area contributed by atoms with Gasteiger partial charge in [-0.2, -0.15) is 9.40 Å². The molecule has 1 fully saturated rings. The highest BCUT2D eigenvalue weighted by atomic mass is 32.2. The topological polar surface area (TPSA) is 81.3 Å². The molecule has 1 aromatic rings. The van der Waals surface area contributed by atoms with E-state index in [0.29, 0.717) is 25.6 Å². The highest BCUT2D eigenvalue weighted by Gasteiger charge is 2.40. The van der Waals surface area contributed by atoms with Gasteiger partial charge in [-0.05, 0) is 34.0 Å². The van der Waals surface area contributed by atoms with Crippen LogP contribution in [0.3, 0.4) is 0 Å². The van der Waals surface area contributed by atoms with Crippen LogP contribution in [-0.4, -0.2) is 68.1 Å². The summed E-state index contributed by atoms with van der Waals surface area (Å²) in [5.74, 6) is 0.308. The van der Waals surface area contributed by atoms with E-state index in [0.717, 1.165) is 11.3 Å². The van der Waals surface area contributed by atoms with E-state index in [1.54, 1.807) is 11.4 Å². The summed E-state index contributed by atoms with van der Waals surface area (Å²) in [6.07, 6.45) is 0. The van der Waals surface area contributed by atoms with Gasteiger partial charge in [0.15, 0.2) is 5.03 Å². The van der Waals surface area contributed by atoms with Crippen LogP contribution in [0.5, 0.6) is 0 Å². The second-order valence-corrected chi connectivity index (χ2v) is 7.85. The Bertz CT molecular complexity index is 596. The summed E-state index contributed by atoms with van der Waals surface area (Å²) in [7, 11) is 2.23. The van der Waals surface area contributed by atoms with Crippen molar-refractivity contribution in [1.82, 2.24) is 24.7 Å². The first-order valence-corrected chi connectivity index (χ1v) is 8.58. The zero-order valence-electron chi connectivity index (χ0n) is 13.3. The first kappa shape index (κ1) is 16.4. The molecule has 0 bridgehead atoms. The number of aryl methyl sites for hydroxylation is 1. The number of H-pyrrole nitrogens is 1. The Morgan fingerprint density at radius 1 is 1.43 bits per heavy atom. The summed E-state index contributed by atoms with van der Waals surface area (Å²) in [5.41, 5.74) is 1.51. The monoisotopic (exact) mass is 315 g/mol. The van der Waals surface area contributed by atoms with E-state index in [-0.39, 0.29) is 11.1 Å². The molecule has 0 radical (unpaired) electrons. The van der Waals surface area contributed by atoms with Gasteiger partial charge < -0.3 is 10.2 Å². The maximum Gasteiger partial charge on any atom is 0.262 e. The first-order valence-electron chi connectivity index (χ1n) is 7.14. The van der Waals surface area contributed by atoms with Crippen LogP contribution in [0, 0.1) is 12.8 Å². The predicted octanol–water partition coefficient (Wildman–Crippen LogP) is 0.00812. The molecule has 1 aliphatic heterocycles. The Balaban J connectivity index is 2.32. The molecule has 2 N–H and O–H groups in total. The summed E-state index contributed by atoms with van der Waals surface area (Å²) in [4.78, 5) is 2.09. The lowest BCUT2D eigenvalue weighted by molar-refractivity contribution is 0.263. The highest BCUT2D eigenvalue weighted by Crippen LogP contribution is 2.27. The van der Waals surface area contributed by atoms with Crippen molar-refractivity contribution in [1.29, 1.82) is 0 Å². The molecule has 2 atom stereocenters. The number of nitrogens with zero attached hydrogens (tertiary/aromatic N) is 3. The number of sulfonamides is 1. The summed E-state index contributed by atoms with van der Waals surface area (Å²) in [5, 5.41) is 9.98. The fourth-order valence-electron chi connectivity index (χ4n) is 2.93. The van der Waals surface area contributed by atoms with E-state index in [1.807, 2.05) is 21.0 Å². The molecule has 0 saturated carbocycles. The maximum atomic E-state index is 12.9. The van der Waals surface area contributed by atoms with E-state index in [9.17, 15) is 8.42 Å². The molecule has 2 rings (SSSR count). The molecular weight excluding hydrogens is 290 g/mol. The van der Waals surface area contributed by atoms with Crippen molar-refractivity contribution in [3.63, 3.8) is 0 Å². The minimum Gasteiger partial charge on any atom is -0.316 e. The van der Waals surface area contributed by atoms with Crippen molar-refractivity contribution in [2.75, 3.05) is 34.2 Å². The Morgan fingerprint density at radius 3 is 2.62 bits per heavy atom. The largest absolute Gasteiger partial charge is 0.316 e. The van der Waals surface area contributed by atoms with Gasteiger partial charge in [0.2, 0.25) is 0 Å². The van der Waals surface area contributed by atoms with Crippen LogP contribution in [-0.2, 0) is 16.6 Å². The molecule has 2 unspecified atom stereocenters. The Morgan fingerprint density at radius 2 is 2.10 bits per heavy atom. The number of likely N-dealkylation sites (N-methyl/N-ethyl adjacent to an activating group) is 1. The Hall–Kier alpha value is -0.960. The van der Waals surface area contributed by atoms with Crippen LogP contribution in [0.4, 0.5) is 0 Å².